The Hall–Kier alpha value is -0.970. The molecule has 0 aromatic heterocycles. The Morgan fingerprint density at radius 2 is 2.19 bits per heavy atom. The largest absolute Gasteiger partial charge is 0.377 e. The normalized spacial score (nSPS) is 21.7. The molecule has 0 amide bonds. The van der Waals surface area contributed by atoms with E-state index in [2.05, 4.69) is 24.2 Å². The summed E-state index contributed by atoms with van der Waals surface area (Å²) in [5.41, 5.74) is 0.748. The Balaban J connectivity index is 1.93. The fraction of sp³-hybridized carbons (Fsp3) is 0.647. The highest BCUT2D eigenvalue weighted by molar-refractivity contribution is 5.21. The molecule has 2 rings (SSSR count). The zero-order valence-corrected chi connectivity index (χ0v) is 13.3. The van der Waals surface area contributed by atoms with Crippen LogP contribution in [0.15, 0.2) is 24.3 Å². The molecular formula is C17H27FN2O. The Morgan fingerprint density at radius 3 is 2.81 bits per heavy atom. The minimum atomic E-state index is -0.134. The van der Waals surface area contributed by atoms with E-state index in [1.54, 1.807) is 6.07 Å². The third-order valence-electron chi connectivity index (χ3n) is 4.26. The minimum Gasteiger partial charge on any atom is -0.377 e. The summed E-state index contributed by atoms with van der Waals surface area (Å²) in [6.07, 6.45) is 2.69. The molecule has 1 aliphatic heterocycles. The molecule has 118 valence electrons. The van der Waals surface area contributed by atoms with Gasteiger partial charge in [0.2, 0.25) is 0 Å². The van der Waals surface area contributed by atoms with Gasteiger partial charge in [-0.3, -0.25) is 0 Å². The van der Waals surface area contributed by atoms with Crippen molar-refractivity contribution in [2.24, 2.45) is 5.92 Å². The predicted octanol–water partition coefficient (Wildman–Crippen LogP) is 2.83. The number of likely N-dealkylation sites (N-methyl/N-ethyl adjacent to an activating group) is 1. The molecule has 0 aliphatic carbocycles. The molecule has 0 radical (unpaired) electrons. The van der Waals surface area contributed by atoms with Crippen LogP contribution in [0.1, 0.15) is 31.4 Å². The predicted molar refractivity (Wildman–Crippen MR) is 83.8 cm³/mol. The lowest BCUT2D eigenvalue weighted by molar-refractivity contribution is 0.0754. The minimum absolute atomic E-state index is 0.0261. The maximum atomic E-state index is 14.0. The smallest absolute Gasteiger partial charge is 0.127 e. The van der Waals surface area contributed by atoms with Gasteiger partial charge in [0.05, 0.1) is 6.10 Å². The Morgan fingerprint density at radius 1 is 1.43 bits per heavy atom. The summed E-state index contributed by atoms with van der Waals surface area (Å²) in [6, 6.07) is 7.05. The zero-order chi connectivity index (χ0) is 15.2. The van der Waals surface area contributed by atoms with Crippen molar-refractivity contribution in [2.75, 3.05) is 33.8 Å². The van der Waals surface area contributed by atoms with Crippen molar-refractivity contribution in [3.05, 3.63) is 35.6 Å². The summed E-state index contributed by atoms with van der Waals surface area (Å²) in [6.45, 7) is 4.93. The van der Waals surface area contributed by atoms with Crippen LogP contribution < -0.4 is 5.32 Å². The molecule has 4 heteroatoms. The van der Waals surface area contributed by atoms with Crippen LogP contribution in [0.2, 0.25) is 0 Å². The lowest BCUT2D eigenvalue weighted by atomic mass is 9.93. The summed E-state index contributed by atoms with van der Waals surface area (Å²) in [5, 5.41) is 3.26. The number of hydrogen-bond donors (Lipinski definition) is 1. The van der Waals surface area contributed by atoms with Crippen molar-refractivity contribution in [3.63, 3.8) is 0 Å². The lowest BCUT2D eigenvalue weighted by Crippen LogP contribution is -2.36. The van der Waals surface area contributed by atoms with Crippen LogP contribution in [-0.4, -0.2) is 44.8 Å². The van der Waals surface area contributed by atoms with E-state index in [9.17, 15) is 4.39 Å². The van der Waals surface area contributed by atoms with Crippen LogP contribution in [0.25, 0.3) is 0 Å². The number of nitrogens with one attached hydrogen (secondary N) is 1. The first kappa shape index (κ1) is 16.4. The second kappa shape index (κ2) is 7.87. The van der Waals surface area contributed by atoms with Crippen LogP contribution in [0.4, 0.5) is 4.39 Å². The second-order valence-corrected chi connectivity index (χ2v) is 6.12. The molecule has 1 aromatic rings. The quantitative estimate of drug-likeness (QED) is 0.837. The highest BCUT2D eigenvalue weighted by atomic mass is 19.1. The maximum Gasteiger partial charge on any atom is 0.127 e. The first-order valence-corrected chi connectivity index (χ1v) is 7.83. The van der Waals surface area contributed by atoms with Gasteiger partial charge in [0.25, 0.3) is 0 Å². The molecule has 1 aliphatic rings. The average molecular weight is 294 g/mol. The second-order valence-electron chi connectivity index (χ2n) is 6.12. The molecule has 3 nitrogen and oxygen atoms in total. The monoisotopic (exact) mass is 294 g/mol. The van der Waals surface area contributed by atoms with Crippen molar-refractivity contribution in [2.45, 2.75) is 31.9 Å². The summed E-state index contributed by atoms with van der Waals surface area (Å²) in [7, 11) is 4.01. The number of nitrogens with zero attached hydrogens (tertiary/aromatic N) is 1. The third-order valence-corrected chi connectivity index (χ3v) is 4.26. The van der Waals surface area contributed by atoms with E-state index in [4.69, 9.17) is 4.74 Å². The topological polar surface area (TPSA) is 24.5 Å². The maximum absolute atomic E-state index is 14.0. The average Bonchev–Trinajstić information content (AvgIpc) is 2.94. The van der Waals surface area contributed by atoms with Crippen molar-refractivity contribution in [1.82, 2.24) is 10.2 Å². The molecule has 0 saturated carbocycles. The molecule has 1 aromatic carbocycles. The highest BCUT2D eigenvalue weighted by Gasteiger charge is 2.23. The standard InChI is InChI=1S/C17H27FN2O/c1-13(11-20(3)12-14-7-6-10-21-14)17(19-2)15-8-4-5-9-16(15)18/h4-5,8-9,13-14,17,19H,6-7,10-12H2,1-3H3. The van der Waals surface area contributed by atoms with Gasteiger partial charge in [-0.05, 0) is 38.9 Å². The summed E-state index contributed by atoms with van der Waals surface area (Å²) in [4.78, 5) is 2.30. The van der Waals surface area contributed by atoms with E-state index in [1.165, 1.54) is 12.5 Å². The SMILES string of the molecule is CNC(c1ccccc1F)C(C)CN(C)CC1CCCO1. The Bertz CT molecular complexity index is 435. The first-order valence-electron chi connectivity index (χ1n) is 7.83. The summed E-state index contributed by atoms with van der Waals surface area (Å²) in [5.74, 6) is 0.184. The van der Waals surface area contributed by atoms with Crippen molar-refractivity contribution in [1.29, 1.82) is 0 Å². The Kier molecular flexibility index (Phi) is 6.15. The number of halogens is 1. The van der Waals surface area contributed by atoms with Gasteiger partial charge in [-0.15, -0.1) is 0 Å². The number of hydrogen-bond acceptors (Lipinski definition) is 3. The van der Waals surface area contributed by atoms with E-state index < -0.39 is 0 Å². The molecule has 1 fully saturated rings. The van der Waals surface area contributed by atoms with E-state index in [0.717, 1.165) is 31.7 Å². The molecule has 1 heterocycles. The number of ether oxygens (including phenoxy) is 1. The van der Waals surface area contributed by atoms with E-state index in [-0.39, 0.29) is 11.9 Å². The van der Waals surface area contributed by atoms with Crippen LogP contribution in [0.5, 0.6) is 0 Å². The molecule has 0 bridgehead atoms. The molecule has 3 unspecified atom stereocenters. The van der Waals surface area contributed by atoms with E-state index in [0.29, 0.717) is 12.0 Å². The summed E-state index contributed by atoms with van der Waals surface area (Å²) >= 11 is 0. The molecule has 21 heavy (non-hydrogen) atoms. The highest BCUT2D eigenvalue weighted by Crippen LogP contribution is 2.25. The van der Waals surface area contributed by atoms with Crippen molar-refractivity contribution in [3.8, 4) is 0 Å². The van der Waals surface area contributed by atoms with Gasteiger partial charge in [-0.2, -0.15) is 0 Å². The van der Waals surface area contributed by atoms with Gasteiger partial charge in [-0.1, -0.05) is 25.1 Å². The van der Waals surface area contributed by atoms with Gasteiger partial charge in [0.15, 0.2) is 0 Å². The molecule has 3 atom stereocenters. The van der Waals surface area contributed by atoms with Gasteiger partial charge in [0.1, 0.15) is 5.82 Å². The molecular weight excluding hydrogens is 267 g/mol. The molecule has 0 spiro atoms. The lowest BCUT2D eigenvalue weighted by Gasteiger charge is -2.29. The van der Waals surface area contributed by atoms with E-state index >= 15 is 0 Å². The van der Waals surface area contributed by atoms with Crippen LogP contribution in [-0.2, 0) is 4.74 Å². The van der Waals surface area contributed by atoms with Crippen molar-refractivity contribution < 1.29 is 9.13 Å². The molecule has 1 N–H and O–H groups in total. The fourth-order valence-corrected chi connectivity index (χ4v) is 3.28. The van der Waals surface area contributed by atoms with Gasteiger partial charge >= 0.3 is 0 Å². The van der Waals surface area contributed by atoms with Crippen LogP contribution in [0, 0.1) is 11.7 Å². The molecule has 1 saturated heterocycles. The summed E-state index contributed by atoms with van der Waals surface area (Å²) < 4.78 is 19.7. The fourth-order valence-electron chi connectivity index (χ4n) is 3.28. The Labute approximate surface area is 127 Å². The van der Waals surface area contributed by atoms with Crippen LogP contribution in [0.3, 0.4) is 0 Å². The number of rotatable bonds is 7. The van der Waals surface area contributed by atoms with Crippen LogP contribution >= 0.6 is 0 Å². The van der Waals surface area contributed by atoms with Gasteiger partial charge in [-0.25, -0.2) is 4.39 Å². The zero-order valence-electron chi connectivity index (χ0n) is 13.3. The van der Waals surface area contributed by atoms with E-state index in [1.807, 2.05) is 19.2 Å². The first-order chi connectivity index (χ1) is 10.1. The van der Waals surface area contributed by atoms with Gasteiger partial charge in [0, 0.05) is 31.3 Å². The van der Waals surface area contributed by atoms with Crippen molar-refractivity contribution >= 4 is 0 Å². The van der Waals surface area contributed by atoms with Gasteiger partial charge < -0.3 is 15.0 Å². The number of benzene rings is 1. The third kappa shape index (κ3) is 4.50.